The van der Waals surface area contributed by atoms with Gasteiger partial charge in [-0.3, -0.25) is 4.79 Å². The van der Waals surface area contributed by atoms with E-state index in [0.717, 1.165) is 31.5 Å². The van der Waals surface area contributed by atoms with Crippen molar-refractivity contribution in [2.24, 2.45) is 0 Å². The molecule has 3 amide bonds. The highest BCUT2D eigenvalue weighted by molar-refractivity contribution is 5.94. The molecule has 3 saturated heterocycles. The van der Waals surface area contributed by atoms with E-state index in [-0.39, 0.29) is 23.8 Å². The number of nitrogens with zero attached hydrogens (tertiary/aromatic N) is 5. The minimum absolute atomic E-state index is 0.0216. The number of urea groups is 1. The van der Waals surface area contributed by atoms with Gasteiger partial charge in [0.2, 0.25) is 0 Å². The first-order chi connectivity index (χ1) is 17.7. The summed E-state index contributed by atoms with van der Waals surface area (Å²) in [5, 5.41) is 0. The molecule has 7 nitrogen and oxygen atoms in total. The van der Waals surface area contributed by atoms with Gasteiger partial charge in [0.1, 0.15) is 0 Å². The van der Waals surface area contributed by atoms with E-state index in [4.69, 9.17) is 0 Å². The van der Waals surface area contributed by atoms with E-state index in [1.165, 1.54) is 0 Å². The van der Waals surface area contributed by atoms with E-state index in [2.05, 4.69) is 4.98 Å². The van der Waals surface area contributed by atoms with Crippen molar-refractivity contribution in [1.29, 1.82) is 0 Å². The molecule has 0 N–H and O–H groups in total. The number of rotatable bonds is 5. The number of carbonyl (C=O) groups is 2. The van der Waals surface area contributed by atoms with Crippen molar-refractivity contribution in [2.75, 3.05) is 44.2 Å². The number of anilines is 1. The summed E-state index contributed by atoms with van der Waals surface area (Å²) in [5.74, 6) is -1.04. The third kappa shape index (κ3) is 5.35. The second kappa shape index (κ2) is 10.2. The van der Waals surface area contributed by atoms with Gasteiger partial charge < -0.3 is 19.6 Å². The summed E-state index contributed by atoms with van der Waals surface area (Å²) in [5.41, 5.74) is 0.497. The number of halogens is 4. The van der Waals surface area contributed by atoms with Crippen molar-refractivity contribution in [1.82, 2.24) is 19.7 Å². The smallest absolute Gasteiger partial charge is 0.354 e. The van der Waals surface area contributed by atoms with Crippen LogP contribution in [0.4, 0.5) is 28.2 Å². The van der Waals surface area contributed by atoms with Gasteiger partial charge in [-0.25, -0.2) is 14.2 Å². The molecule has 198 valence electrons. The molecule has 3 fully saturated rings. The SMILES string of the molecule is O=C(c1ccc(CN2CCN(C3CCN(c4ncc(C(F)(F)F)cc4F)CC3)C2=O)cc1)N1CCCC1. The van der Waals surface area contributed by atoms with Gasteiger partial charge in [0.15, 0.2) is 11.6 Å². The first-order valence-corrected chi connectivity index (χ1v) is 12.6. The maximum absolute atomic E-state index is 14.3. The standard InChI is InChI=1S/C26H29F4N5O2/c27-22-15-20(26(28,29)30)16-31-23(22)32-11-7-21(8-12-32)35-14-13-34(25(35)37)17-18-3-5-19(6-4-18)24(36)33-9-1-2-10-33/h3-6,15-16,21H,1-2,7-14,17H2. The molecule has 5 rings (SSSR count). The topological polar surface area (TPSA) is 60.0 Å². The number of likely N-dealkylation sites (tertiary alicyclic amines) is 1. The summed E-state index contributed by atoms with van der Waals surface area (Å²) in [6, 6.07) is 7.82. The molecular weight excluding hydrogens is 490 g/mol. The van der Waals surface area contributed by atoms with Gasteiger partial charge >= 0.3 is 12.2 Å². The zero-order valence-electron chi connectivity index (χ0n) is 20.4. The lowest BCUT2D eigenvalue weighted by atomic mass is 10.0. The Hall–Kier alpha value is -3.37. The molecule has 0 bridgehead atoms. The fourth-order valence-electron chi connectivity index (χ4n) is 5.37. The predicted molar refractivity (Wildman–Crippen MR) is 129 cm³/mol. The van der Waals surface area contributed by atoms with E-state index in [9.17, 15) is 27.2 Å². The van der Waals surface area contributed by atoms with Gasteiger partial charge in [-0.1, -0.05) is 12.1 Å². The lowest BCUT2D eigenvalue weighted by Gasteiger charge is -2.37. The first-order valence-electron chi connectivity index (χ1n) is 12.6. The van der Waals surface area contributed by atoms with Crippen LogP contribution < -0.4 is 4.90 Å². The molecule has 0 atom stereocenters. The summed E-state index contributed by atoms with van der Waals surface area (Å²) in [4.78, 5) is 36.5. The van der Waals surface area contributed by atoms with Crippen LogP contribution >= 0.6 is 0 Å². The highest BCUT2D eigenvalue weighted by Gasteiger charge is 2.37. The van der Waals surface area contributed by atoms with Gasteiger partial charge in [-0.2, -0.15) is 13.2 Å². The Bertz CT molecular complexity index is 1140. The molecule has 4 heterocycles. The summed E-state index contributed by atoms with van der Waals surface area (Å²) >= 11 is 0. The van der Waals surface area contributed by atoms with Crippen LogP contribution in [-0.2, 0) is 12.7 Å². The largest absolute Gasteiger partial charge is 0.417 e. The molecule has 0 radical (unpaired) electrons. The van der Waals surface area contributed by atoms with Crippen molar-refractivity contribution < 1.29 is 27.2 Å². The lowest BCUT2D eigenvalue weighted by Crippen LogP contribution is -2.47. The van der Waals surface area contributed by atoms with Crippen molar-refractivity contribution >= 4 is 17.8 Å². The summed E-state index contributed by atoms with van der Waals surface area (Å²) in [7, 11) is 0. The van der Waals surface area contributed by atoms with Gasteiger partial charge in [-0.15, -0.1) is 0 Å². The number of piperidine rings is 1. The van der Waals surface area contributed by atoms with Crippen molar-refractivity contribution in [3.63, 3.8) is 0 Å². The van der Waals surface area contributed by atoms with E-state index >= 15 is 0 Å². The van der Waals surface area contributed by atoms with Gasteiger partial charge in [0.05, 0.1) is 5.56 Å². The van der Waals surface area contributed by atoms with Crippen LogP contribution in [0.2, 0.25) is 0 Å². The van der Waals surface area contributed by atoms with Crippen molar-refractivity contribution in [3.05, 3.63) is 59.0 Å². The van der Waals surface area contributed by atoms with Crippen LogP contribution in [0.3, 0.4) is 0 Å². The number of amides is 3. The number of pyridine rings is 1. The van der Waals surface area contributed by atoms with Crippen LogP contribution in [0, 0.1) is 5.82 Å². The average molecular weight is 520 g/mol. The quantitative estimate of drug-likeness (QED) is 0.551. The van der Waals surface area contributed by atoms with Gasteiger partial charge in [-0.05, 0) is 49.4 Å². The average Bonchev–Trinajstić information content (AvgIpc) is 3.54. The van der Waals surface area contributed by atoms with Crippen LogP contribution in [0.5, 0.6) is 0 Å². The summed E-state index contributed by atoms with van der Waals surface area (Å²) < 4.78 is 52.7. The maximum Gasteiger partial charge on any atom is 0.417 e. The normalized spacial score (nSPS) is 19.3. The zero-order valence-corrected chi connectivity index (χ0v) is 20.4. The molecule has 0 saturated carbocycles. The molecule has 2 aromatic rings. The Morgan fingerprint density at radius 2 is 1.65 bits per heavy atom. The van der Waals surface area contributed by atoms with Crippen molar-refractivity contribution in [2.45, 2.75) is 44.4 Å². The molecule has 1 aromatic heterocycles. The Morgan fingerprint density at radius 1 is 0.973 bits per heavy atom. The van der Waals surface area contributed by atoms with Crippen LogP contribution in [0.1, 0.15) is 47.2 Å². The van der Waals surface area contributed by atoms with E-state index < -0.39 is 17.6 Å². The number of benzene rings is 1. The third-order valence-corrected chi connectivity index (χ3v) is 7.45. The first kappa shape index (κ1) is 25.3. The molecule has 1 aromatic carbocycles. The summed E-state index contributed by atoms with van der Waals surface area (Å²) in [6.45, 7) is 4.02. The number of hydrogen-bond donors (Lipinski definition) is 0. The molecule has 0 unspecified atom stereocenters. The second-order valence-electron chi connectivity index (χ2n) is 9.84. The molecule has 3 aliphatic heterocycles. The Labute approximate surface area is 212 Å². The van der Waals surface area contributed by atoms with Crippen LogP contribution in [0.15, 0.2) is 36.5 Å². The fraction of sp³-hybridized carbons (Fsp3) is 0.500. The van der Waals surface area contributed by atoms with Crippen molar-refractivity contribution in [3.8, 4) is 0 Å². The zero-order chi connectivity index (χ0) is 26.2. The molecule has 37 heavy (non-hydrogen) atoms. The van der Waals surface area contributed by atoms with Gasteiger partial charge in [0, 0.05) is 63.6 Å². The number of alkyl halides is 3. The Kier molecular flexibility index (Phi) is 6.96. The second-order valence-corrected chi connectivity index (χ2v) is 9.84. The van der Waals surface area contributed by atoms with E-state index in [1.54, 1.807) is 9.80 Å². The minimum Gasteiger partial charge on any atom is -0.354 e. The maximum atomic E-state index is 14.3. The molecule has 0 aliphatic carbocycles. The lowest BCUT2D eigenvalue weighted by molar-refractivity contribution is -0.138. The minimum atomic E-state index is -4.64. The molecular formula is C26H29F4N5O2. The molecule has 11 heteroatoms. The van der Waals surface area contributed by atoms with Gasteiger partial charge in [0.25, 0.3) is 5.91 Å². The summed E-state index contributed by atoms with van der Waals surface area (Å²) in [6.07, 6.45) is -0.752. The Morgan fingerprint density at radius 3 is 2.27 bits per heavy atom. The molecule has 3 aliphatic rings. The predicted octanol–water partition coefficient (Wildman–Crippen LogP) is 4.38. The third-order valence-electron chi connectivity index (χ3n) is 7.45. The fourth-order valence-corrected chi connectivity index (χ4v) is 5.37. The monoisotopic (exact) mass is 519 g/mol. The van der Waals surface area contributed by atoms with E-state index in [1.807, 2.05) is 34.1 Å². The highest BCUT2D eigenvalue weighted by atomic mass is 19.4. The highest BCUT2D eigenvalue weighted by Crippen LogP contribution is 2.32. The van der Waals surface area contributed by atoms with E-state index in [0.29, 0.717) is 63.4 Å². The molecule has 0 spiro atoms. The number of aromatic nitrogens is 1. The Balaban J connectivity index is 1.14. The van der Waals surface area contributed by atoms with Crippen LogP contribution in [0.25, 0.3) is 0 Å². The number of hydrogen-bond acceptors (Lipinski definition) is 4. The van der Waals surface area contributed by atoms with Crippen LogP contribution in [-0.4, -0.2) is 76.9 Å². The number of carbonyl (C=O) groups excluding carboxylic acids is 2.